The lowest BCUT2D eigenvalue weighted by Gasteiger charge is -2.59. The zero-order valence-electron chi connectivity index (χ0n) is 15.8. The number of rotatable bonds is 5. The monoisotopic (exact) mass is 387 g/mol. The van der Waals surface area contributed by atoms with Crippen LogP contribution in [0, 0.1) is 5.41 Å². The molecule has 0 radical (unpaired) electrons. The summed E-state index contributed by atoms with van der Waals surface area (Å²) in [7, 11) is 0. The number of nitrogens with one attached hydrogen (secondary N) is 1. The molecule has 2 bridgehead atoms. The minimum atomic E-state index is -0.377. The van der Waals surface area contributed by atoms with E-state index in [0.29, 0.717) is 17.9 Å². The number of fused-ring (bicyclic) bond motifs is 3. The number of amides is 2. The summed E-state index contributed by atoms with van der Waals surface area (Å²) in [6, 6.07) is 6.06. The van der Waals surface area contributed by atoms with Gasteiger partial charge in [-0.1, -0.05) is 31.5 Å². The van der Waals surface area contributed by atoms with Crippen molar-refractivity contribution in [1.29, 1.82) is 0 Å². The number of carbonyl (C=O) groups is 2. The summed E-state index contributed by atoms with van der Waals surface area (Å²) in [4.78, 5) is 30.3. The second-order valence-corrected chi connectivity index (χ2v) is 8.69. The van der Waals surface area contributed by atoms with Crippen LogP contribution in [0.2, 0.25) is 5.02 Å². The van der Waals surface area contributed by atoms with Crippen molar-refractivity contribution < 1.29 is 9.59 Å². The summed E-state index contributed by atoms with van der Waals surface area (Å²) < 4.78 is 0. The molecule has 1 aromatic heterocycles. The molecule has 2 atom stereocenters. The second-order valence-electron chi connectivity index (χ2n) is 8.29. The Balaban J connectivity index is 1.53. The van der Waals surface area contributed by atoms with Gasteiger partial charge in [-0.3, -0.25) is 9.59 Å². The number of aromatic nitrogens is 1. The number of hydrogen-bond acceptors (Lipinski definition) is 2. The molecule has 2 aliphatic heterocycles. The number of carbonyl (C=O) groups excluding carboxylic acids is 2. The van der Waals surface area contributed by atoms with E-state index in [2.05, 4.69) is 18.8 Å². The average Bonchev–Trinajstić information content (AvgIpc) is 3.05. The van der Waals surface area contributed by atoms with Crippen molar-refractivity contribution in [2.75, 3.05) is 0 Å². The maximum absolute atomic E-state index is 13.2. The minimum Gasteiger partial charge on any atom is -0.369 e. The van der Waals surface area contributed by atoms with E-state index in [4.69, 9.17) is 17.3 Å². The van der Waals surface area contributed by atoms with Gasteiger partial charge in [0, 0.05) is 35.6 Å². The molecule has 5 rings (SSSR count). The summed E-state index contributed by atoms with van der Waals surface area (Å²) in [5, 5.41) is 1.71. The normalized spacial score (nSPS) is 28.0. The van der Waals surface area contributed by atoms with E-state index in [-0.39, 0.29) is 35.2 Å². The third-order valence-corrected chi connectivity index (χ3v) is 6.96. The van der Waals surface area contributed by atoms with E-state index in [1.165, 1.54) is 0 Å². The molecule has 2 aromatic rings. The fourth-order valence-corrected chi connectivity index (χ4v) is 5.42. The van der Waals surface area contributed by atoms with Gasteiger partial charge in [0.25, 0.3) is 0 Å². The van der Waals surface area contributed by atoms with Crippen LogP contribution in [0.4, 0.5) is 0 Å². The summed E-state index contributed by atoms with van der Waals surface area (Å²) in [6.07, 6.45) is 5.40. The van der Waals surface area contributed by atoms with Gasteiger partial charge in [-0.2, -0.15) is 0 Å². The minimum absolute atomic E-state index is 0.0616. The molecule has 6 heteroatoms. The predicted molar refractivity (Wildman–Crippen MR) is 107 cm³/mol. The molecule has 3 aliphatic rings. The maximum Gasteiger partial charge on any atom is 0.223 e. The first-order chi connectivity index (χ1) is 12.9. The van der Waals surface area contributed by atoms with E-state index in [1.54, 1.807) is 0 Å². The molecular weight excluding hydrogens is 362 g/mol. The Labute approximate surface area is 164 Å². The van der Waals surface area contributed by atoms with Gasteiger partial charge in [-0.05, 0) is 49.3 Å². The van der Waals surface area contributed by atoms with Crippen LogP contribution >= 0.6 is 11.6 Å². The lowest BCUT2D eigenvalue weighted by molar-refractivity contribution is -0.167. The van der Waals surface area contributed by atoms with Gasteiger partial charge in [0.15, 0.2) is 0 Å². The standard InChI is InChI=1S/C21H26ClN3O2/c1-3-13-8-21(20(23)27)9-14(10-21)25(13)18(26)7-12(2)15-11-24-17-6-4-5-16(22)19(15)17/h4-6,11-14,24H,3,7-10H2,1-2H3,(H2,23,27). The third kappa shape index (κ3) is 2.83. The molecule has 1 aliphatic carbocycles. The lowest BCUT2D eigenvalue weighted by atomic mass is 9.57. The summed E-state index contributed by atoms with van der Waals surface area (Å²) in [6.45, 7) is 4.15. The van der Waals surface area contributed by atoms with Crippen LogP contribution in [0.25, 0.3) is 10.9 Å². The molecule has 2 amide bonds. The summed E-state index contributed by atoms with van der Waals surface area (Å²) in [5.74, 6) is 0.0242. The number of primary amides is 1. The number of nitrogens with zero attached hydrogens (tertiary/aromatic N) is 1. The Morgan fingerprint density at radius 3 is 2.78 bits per heavy atom. The predicted octanol–water partition coefficient (Wildman–Crippen LogP) is 3.96. The Bertz CT molecular complexity index is 900. The second kappa shape index (κ2) is 6.55. The quantitative estimate of drug-likeness (QED) is 0.814. The number of benzene rings is 1. The zero-order chi connectivity index (χ0) is 19.3. The molecule has 5 nitrogen and oxygen atoms in total. The first kappa shape index (κ1) is 18.4. The molecule has 1 saturated carbocycles. The molecule has 3 N–H and O–H groups in total. The molecule has 3 heterocycles. The number of piperidine rings is 2. The van der Waals surface area contributed by atoms with Gasteiger partial charge in [-0.15, -0.1) is 0 Å². The zero-order valence-corrected chi connectivity index (χ0v) is 16.6. The van der Waals surface area contributed by atoms with Crippen LogP contribution in [0.15, 0.2) is 24.4 Å². The Morgan fingerprint density at radius 1 is 1.37 bits per heavy atom. The van der Waals surface area contributed by atoms with E-state index in [0.717, 1.165) is 35.7 Å². The van der Waals surface area contributed by atoms with E-state index in [9.17, 15) is 9.59 Å². The van der Waals surface area contributed by atoms with Crippen molar-refractivity contribution in [1.82, 2.24) is 9.88 Å². The number of nitrogens with two attached hydrogens (primary N) is 1. The van der Waals surface area contributed by atoms with E-state index in [1.807, 2.05) is 29.3 Å². The average molecular weight is 388 g/mol. The van der Waals surface area contributed by atoms with Crippen molar-refractivity contribution >= 4 is 34.3 Å². The molecule has 144 valence electrons. The lowest BCUT2D eigenvalue weighted by Crippen LogP contribution is -2.67. The van der Waals surface area contributed by atoms with E-state index >= 15 is 0 Å². The molecule has 2 unspecified atom stereocenters. The van der Waals surface area contributed by atoms with Crippen molar-refractivity contribution in [3.8, 4) is 0 Å². The topological polar surface area (TPSA) is 79.2 Å². The molecular formula is C21H26ClN3O2. The maximum atomic E-state index is 13.2. The van der Waals surface area contributed by atoms with Crippen LogP contribution < -0.4 is 5.73 Å². The van der Waals surface area contributed by atoms with Gasteiger partial charge < -0.3 is 15.6 Å². The molecule has 0 spiro atoms. The fraction of sp³-hybridized carbons (Fsp3) is 0.524. The smallest absolute Gasteiger partial charge is 0.223 e. The number of halogens is 1. The first-order valence-electron chi connectivity index (χ1n) is 9.73. The molecule has 27 heavy (non-hydrogen) atoms. The van der Waals surface area contributed by atoms with Crippen LogP contribution in [0.5, 0.6) is 0 Å². The molecule has 3 fully saturated rings. The molecule has 2 saturated heterocycles. The highest BCUT2D eigenvalue weighted by molar-refractivity contribution is 6.35. The highest BCUT2D eigenvalue weighted by Crippen LogP contribution is 2.53. The summed E-state index contributed by atoms with van der Waals surface area (Å²) in [5.41, 5.74) is 7.32. The fourth-order valence-electron chi connectivity index (χ4n) is 5.13. The van der Waals surface area contributed by atoms with Crippen molar-refractivity contribution in [2.24, 2.45) is 11.1 Å². The Kier molecular flexibility index (Phi) is 4.46. The van der Waals surface area contributed by atoms with Crippen molar-refractivity contribution in [2.45, 2.75) is 64.0 Å². The molecule has 1 aromatic carbocycles. The van der Waals surface area contributed by atoms with Crippen LogP contribution in [0.1, 0.15) is 57.4 Å². The summed E-state index contributed by atoms with van der Waals surface area (Å²) >= 11 is 6.39. The SMILES string of the molecule is CCC1CC2(C(N)=O)CC(C2)N1C(=O)CC(C)c1c[nH]c2cccc(Cl)c12. The highest BCUT2D eigenvalue weighted by Gasteiger charge is 2.58. The largest absolute Gasteiger partial charge is 0.369 e. The van der Waals surface area contributed by atoms with Crippen LogP contribution in [-0.2, 0) is 9.59 Å². The number of hydrogen-bond donors (Lipinski definition) is 2. The van der Waals surface area contributed by atoms with Gasteiger partial charge in [-0.25, -0.2) is 0 Å². The van der Waals surface area contributed by atoms with Gasteiger partial charge in [0.1, 0.15) is 0 Å². The van der Waals surface area contributed by atoms with Gasteiger partial charge in [0.2, 0.25) is 11.8 Å². The van der Waals surface area contributed by atoms with Gasteiger partial charge >= 0.3 is 0 Å². The Hall–Kier alpha value is -2.01. The van der Waals surface area contributed by atoms with Crippen molar-refractivity contribution in [3.05, 3.63) is 35.0 Å². The van der Waals surface area contributed by atoms with Gasteiger partial charge in [0.05, 0.1) is 10.4 Å². The van der Waals surface area contributed by atoms with Crippen LogP contribution in [-0.4, -0.2) is 33.8 Å². The van der Waals surface area contributed by atoms with Crippen molar-refractivity contribution in [3.63, 3.8) is 0 Å². The van der Waals surface area contributed by atoms with E-state index < -0.39 is 0 Å². The Morgan fingerprint density at radius 2 is 2.11 bits per heavy atom. The highest BCUT2D eigenvalue weighted by atomic mass is 35.5. The number of H-pyrrole nitrogens is 1. The third-order valence-electron chi connectivity index (χ3n) is 6.64. The van der Waals surface area contributed by atoms with Crippen LogP contribution in [0.3, 0.4) is 0 Å². The first-order valence-corrected chi connectivity index (χ1v) is 10.1. The number of aromatic amines is 1.